The minimum atomic E-state index is -0.460. The highest BCUT2D eigenvalue weighted by atomic mass is 16.2. The van der Waals surface area contributed by atoms with E-state index in [2.05, 4.69) is 11.2 Å². The normalized spacial score (nSPS) is 14.5. The molecule has 0 fully saturated rings. The van der Waals surface area contributed by atoms with Gasteiger partial charge in [-0.05, 0) is 30.5 Å². The molecule has 1 aliphatic rings. The zero-order chi connectivity index (χ0) is 20.1. The Hall–Kier alpha value is -3.41. The van der Waals surface area contributed by atoms with E-state index in [0.717, 1.165) is 28.4 Å². The van der Waals surface area contributed by atoms with Crippen LogP contribution in [0.5, 0.6) is 0 Å². The first-order valence-electron chi connectivity index (χ1n) is 9.96. The molecule has 0 aliphatic carbocycles. The summed E-state index contributed by atoms with van der Waals surface area (Å²) in [7, 11) is 1.64. The van der Waals surface area contributed by atoms with Crippen LogP contribution in [0.1, 0.15) is 24.9 Å². The molecule has 0 unspecified atom stereocenters. The van der Waals surface area contributed by atoms with Gasteiger partial charge in [-0.25, -0.2) is 4.68 Å². The maximum atomic E-state index is 13.7. The molecule has 0 saturated heterocycles. The van der Waals surface area contributed by atoms with E-state index in [1.54, 1.807) is 13.2 Å². The van der Waals surface area contributed by atoms with Crippen molar-refractivity contribution in [3.05, 3.63) is 70.6 Å². The molecule has 146 valence electrons. The van der Waals surface area contributed by atoms with Gasteiger partial charge in [0.15, 0.2) is 0 Å². The maximum absolute atomic E-state index is 13.7. The Labute approximate surface area is 168 Å². The lowest BCUT2D eigenvalue weighted by atomic mass is 10.1. The zero-order valence-electron chi connectivity index (χ0n) is 16.5. The number of rotatable bonds is 3. The van der Waals surface area contributed by atoms with Crippen molar-refractivity contribution in [3.63, 3.8) is 0 Å². The average molecular weight is 386 g/mol. The van der Waals surface area contributed by atoms with Crippen LogP contribution in [0, 0.1) is 0 Å². The highest BCUT2D eigenvalue weighted by Crippen LogP contribution is 2.34. The molecular formula is C23H22N4O2. The molecule has 2 aromatic heterocycles. The summed E-state index contributed by atoms with van der Waals surface area (Å²) in [6, 6.07) is 15.4. The van der Waals surface area contributed by atoms with Crippen LogP contribution in [0.3, 0.4) is 0 Å². The van der Waals surface area contributed by atoms with Gasteiger partial charge in [-0.1, -0.05) is 43.3 Å². The topological polar surface area (TPSA) is 60.1 Å². The first-order valence-corrected chi connectivity index (χ1v) is 9.96. The van der Waals surface area contributed by atoms with Gasteiger partial charge in [0.1, 0.15) is 11.6 Å². The number of amides is 1. The number of hydrogen-bond donors (Lipinski definition) is 0. The summed E-state index contributed by atoms with van der Waals surface area (Å²) < 4.78 is 3.26. The Balaban J connectivity index is 1.74. The second-order valence-electron chi connectivity index (χ2n) is 7.52. The number of anilines is 1. The maximum Gasteiger partial charge on any atom is 0.291 e. The molecule has 1 amide bonds. The first-order chi connectivity index (χ1) is 14.1. The number of aryl methyl sites for hydroxylation is 1. The van der Waals surface area contributed by atoms with E-state index in [9.17, 15) is 9.59 Å². The van der Waals surface area contributed by atoms with Gasteiger partial charge in [0.25, 0.3) is 5.56 Å². The lowest BCUT2D eigenvalue weighted by Crippen LogP contribution is -2.37. The molecule has 3 heterocycles. The van der Waals surface area contributed by atoms with E-state index in [0.29, 0.717) is 18.5 Å². The van der Waals surface area contributed by atoms with E-state index in [1.165, 1.54) is 10.2 Å². The Kier molecular flexibility index (Phi) is 4.01. The van der Waals surface area contributed by atoms with E-state index in [1.807, 2.05) is 58.9 Å². The summed E-state index contributed by atoms with van der Waals surface area (Å²) in [5, 5.41) is 5.94. The Morgan fingerprint density at radius 2 is 1.86 bits per heavy atom. The standard InChI is InChI=1S/C23H22N4O2/c1-3-18(22(28)26-13-12-15-8-4-6-10-19(15)26)27-20-11-7-5-9-16(20)17-14-24-25(2)23(29)21(17)27/h4-11,14,18H,3,12-13H2,1-2H3/t18-/m1/s1. The third-order valence-corrected chi connectivity index (χ3v) is 5.94. The van der Waals surface area contributed by atoms with Gasteiger partial charge in [-0.15, -0.1) is 0 Å². The summed E-state index contributed by atoms with van der Waals surface area (Å²) in [4.78, 5) is 28.6. The Morgan fingerprint density at radius 3 is 2.69 bits per heavy atom. The SMILES string of the molecule is CC[C@H](C(=O)N1CCc2ccccc21)n1c2ccccc2c2cnn(C)c(=O)c21. The Morgan fingerprint density at radius 1 is 1.10 bits per heavy atom. The molecule has 1 atom stereocenters. The van der Waals surface area contributed by atoms with Crippen molar-refractivity contribution in [1.29, 1.82) is 0 Å². The molecule has 2 aromatic carbocycles. The van der Waals surface area contributed by atoms with Crippen LogP contribution >= 0.6 is 0 Å². The molecule has 0 radical (unpaired) electrons. The predicted octanol–water partition coefficient (Wildman–Crippen LogP) is 3.43. The highest BCUT2D eigenvalue weighted by Gasteiger charge is 2.32. The molecule has 1 aliphatic heterocycles. The second kappa shape index (κ2) is 6.58. The molecule has 29 heavy (non-hydrogen) atoms. The molecule has 5 rings (SSSR count). The van der Waals surface area contributed by atoms with Gasteiger partial charge >= 0.3 is 0 Å². The average Bonchev–Trinajstić information content (AvgIpc) is 3.32. The monoisotopic (exact) mass is 386 g/mol. The number of carbonyl (C=O) groups is 1. The molecule has 6 nitrogen and oxygen atoms in total. The van der Waals surface area contributed by atoms with Crippen LogP contribution in [0.2, 0.25) is 0 Å². The fraction of sp³-hybridized carbons (Fsp3) is 0.261. The van der Waals surface area contributed by atoms with E-state index in [4.69, 9.17) is 0 Å². The molecular weight excluding hydrogens is 364 g/mol. The minimum Gasteiger partial charge on any atom is -0.323 e. The lowest BCUT2D eigenvalue weighted by molar-refractivity contribution is -0.121. The number of aromatic nitrogens is 3. The number of para-hydroxylation sites is 2. The van der Waals surface area contributed by atoms with Crippen molar-refractivity contribution in [2.45, 2.75) is 25.8 Å². The Bertz CT molecular complexity index is 1320. The van der Waals surface area contributed by atoms with Crippen molar-refractivity contribution in [2.24, 2.45) is 7.05 Å². The van der Waals surface area contributed by atoms with Crippen molar-refractivity contribution in [3.8, 4) is 0 Å². The summed E-state index contributed by atoms with van der Waals surface area (Å²) >= 11 is 0. The largest absolute Gasteiger partial charge is 0.323 e. The van der Waals surface area contributed by atoms with Crippen LogP contribution < -0.4 is 10.5 Å². The second-order valence-corrected chi connectivity index (χ2v) is 7.52. The third-order valence-electron chi connectivity index (χ3n) is 5.94. The zero-order valence-corrected chi connectivity index (χ0v) is 16.5. The number of benzene rings is 2. The van der Waals surface area contributed by atoms with E-state index >= 15 is 0 Å². The summed E-state index contributed by atoms with van der Waals surface area (Å²) in [6.07, 6.45) is 3.17. The molecule has 0 saturated carbocycles. The number of carbonyl (C=O) groups excluding carboxylic acids is 1. The smallest absolute Gasteiger partial charge is 0.291 e. The summed E-state index contributed by atoms with van der Waals surface area (Å²) in [5.74, 6) is 0.0268. The minimum absolute atomic E-state index is 0.0268. The molecule has 0 bridgehead atoms. The molecule has 6 heteroatoms. The van der Waals surface area contributed by atoms with E-state index in [-0.39, 0.29) is 11.5 Å². The van der Waals surface area contributed by atoms with Crippen LogP contribution in [-0.4, -0.2) is 26.8 Å². The van der Waals surface area contributed by atoms with Crippen LogP contribution in [0.25, 0.3) is 21.8 Å². The fourth-order valence-electron chi connectivity index (χ4n) is 4.53. The number of hydrogen-bond acceptors (Lipinski definition) is 3. The van der Waals surface area contributed by atoms with Crippen molar-refractivity contribution >= 4 is 33.4 Å². The van der Waals surface area contributed by atoms with Crippen LogP contribution in [-0.2, 0) is 18.3 Å². The summed E-state index contributed by atoms with van der Waals surface area (Å²) in [6.45, 7) is 2.67. The van der Waals surface area contributed by atoms with Crippen LogP contribution in [0.4, 0.5) is 5.69 Å². The van der Waals surface area contributed by atoms with Gasteiger partial charge in [0, 0.05) is 30.1 Å². The summed E-state index contributed by atoms with van der Waals surface area (Å²) in [5.41, 5.74) is 3.41. The van der Waals surface area contributed by atoms with Gasteiger partial charge in [0.05, 0.1) is 11.7 Å². The van der Waals surface area contributed by atoms with Gasteiger partial charge in [-0.3, -0.25) is 9.59 Å². The van der Waals surface area contributed by atoms with E-state index < -0.39 is 6.04 Å². The first kappa shape index (κ1) is 17.7. The van der Waals surface area contributed by atoms with Crippen molar-refractivity contribution in [1.82, 2.24) is 14.3 Å². The van der Waals surface area contributed by atoms with Crippen molar-refractivity contribution < 1.29 is 4.79 Å². The quantitative estimate of drug-likeness (QED) is 0.542. The molecule has 0 spiro atoms. The molecule has 4 aromatic rings. The third kappa shape index (κ3) is 2.52. The molecule has 0 N–H and O–H groups in total. The van der Waals surface area contributed by atoms with Crippen molar-refractivity contribution in [2.75, 3.05) is 11.4 Å². The fourth-order valence-corrected chi connectivity index (χ4v) is 4.53. The van der Waals surface area contributed by atoms with Gasteiger partial charge in [-0.2, -0.15) is 5.10 Å². The van der Waals surface area contributed by atoms with Gasteiger partial charge < -0.3 is 9.47 Å². The highest BCUT2D eigenvalue weighted by molar-refractivity contribution is 6.09. The predicted molar refractivity (Wildman–Crippen MR) is 114 cm³/mol. The van der Waals surface area contributed by atoms with Gasteiger partial charge in [0.2, 0.25) is 5.91 Å². The number of nitrogens with zero attached hydrogens (tertiary/aromatic N) is 4. The number of fused-ring (bicyclic) bond motifs is 4. The lowest BCUT2D eigenvalue weighted by Gasteiger charge is -2.25. The van der Waals surface area contributed by atoms with Crippen LogP contribution in [0.15, 0.2) is 59.5 Å².